The molecule has 0 aromatic heterocycles. The second-order valence-corrected chi connectivity index (χ2v) is 10.7. The molecule has 1 aliphatic heterocycles. The van der Waals surface area contributed by atoms with Gasteiger partial charge in [-0.25, -0.2) is 8.42 Å². The summed E-state index contributed by atoms with van der Waals surface area (Å²) < 4.78 is 28.1. The molecule has 33 heavy (non-hydrogen) atoms. The second-order valence-electron chi connectivity index (χ2n) is 8.36. The van der Waals surface area contributed by atoms with E-state index in [1.807, 2.05) is 0 Å². The van der Waals surface area contributed by atoms with Crippen LogP contribution in [0.5, 0.6) is 0 Å². The van der Waals surface area contributed by atoms with Crippen LogP contribution in [0.2, 0.25) is 5.02 Å². The van der Waals surface area contributed by atoms with Crippen LogP contribution in [0.4, 0.5) is 5.69 Å². The van der Waals surface area contributed by atoms with Gasteiger partial charge in [0, 0.05) is 30.7 Å². The molecular weight excluding hydrogens is 462 g/mol. The fourth-order valence-electron chi connectivity index (χ4n) is 3.97. The van der Waals surface area contributed by atoms with Crippen molar-refractivity contribution in [2.75, 3.05) is 18.4 Å². The molecule has 1 unspecified atom stereocenters. The van der Waals surface area contributed by atoms with Gasteiger partial charge in [-0.05, 0) is 55.2 Å². The van der Waals surface area contributed by atoms with Crippen molar-refractivity contribution in [3.05, 3.63) is 58.6 Å². The molecule has 3 rings (SSSR count). The highest BCUT2D eigenvalue weighted by Crippen LogP contribution is 2.26. The Morgan fingerprint density at radius 3 is 2.27 bits per heavy atom. The van der Waals surface area contributed by atoms with Crippen LogP contribution < -0.4 is 10.6 Å². The molecule has 7 nitrogen and oxygen atoms in total. The molecule has 0 bridgehead atoms. The van der Waals surface area contributed by atoms with Gasteiger partial charge in [-0.1, -0.05) is 42.6 Å². The van der Waals surface area contributed by atoms with Crippen LogP contribution in [0, 0.1) is 6.92 Å². The minimum atomic E-state index is -3.65. The Kier molecular flexibility index (Phi) is 8.51. The zero-order chi connectivity index (χ0) is 24.0. The number of amides is 2. The first kappa shape index (κ1) is 25.2. The molecule has 2 amide bonds. The zero-order valence-electron chi connectivity index (χ0n) is 18.9. The topological polar surface area (TPSA) is 95.6 Å². The first-order chi connectivity index (χ1) is 15.7. The highest BCUT2D eigenvalue weighted by molar-refractivity contribution is 7.89. The Balaban J connectivity index is 1.77. The van der Waals surface area contributed by atoms with Crippen LogP contribution in [0.25, 0.3) is 0 Å². The smallest absolute Gasteiger partial charge is 0.243 e. The molecule has 2 aromatic carbocycles. The molecular formula is C24H30ClN3O4S. The van der Waals surface area contributed by atoms with Crippen molar-refractivity contribution < 1.29 is 18.0 Å². The Labute approximate surface area is 200 Å². The number of carbonyl (C=O) groups excluding carboxylic acids is 2. The fourth-order valence-corrected chi connectivity index (χ4v) is 5.86. The average molecular weight is 492 g/mol. The lowest BCUT2D eigenvalue weighted by molar-refractivity contribution is -0.120. The van der Waals surface area contributed by atoms with E-state index in [9.17, 15) is 18.0 Å². The van der Waals surface area contributed by atoms with E-state index in [1.54, 1.807) is 47.6 Å². The predicted molar refractivity (Wildman–Crippen MR) is 130 cm³/mol. The summed E-state index contributed by atoms with van der Waals surface area (Å²) in [5, 5.41) is 6.12. The van der Waals surface area contributed by atoms with Crippen molar-refractivity contribution in [3.63, 3.8) is 0 Å². The standard InChI is InChI=1S/C24H30ClN3O4S/c1-17-7-12-21(15-23(17)33(31,32)28-13-5-3-4-6-14-28)27-24(30)16-22(26-18(2)29)19-8-10-20(25)11-9-19/h7-12,15,22H,3-6,13-14,16H2,1-2H3,(H,26,29)(H,27,30). The van der Waals surface area contributed by atoms with Gasteiger partial charge in [0.15, 0.2) is 0 Å². The minimum absolute atomic E-state index is 0.0106. The second kappa shape index (κ2) is 11.1. The number of sulfonamides is 1. The summed E-state index contributed by atoms with van der Waals surface area (Å²) in [6.45, 7) is 4.17. The molecule has 2 N–H and O–H groups in total. The highest BCUT2D eigenvalue weighted by atomic mass is 35.5. The van der Waals surface area contributed by atoms with Gasteiger partial charge in [-0.3, -0.25) is 9.59 Å². The van der Waals surface area contributed by atoms with Crippen LogP contribution in [-0.2, 0) is 19.6 Å². The Bertz CT molecular complexity index is 1100. The molecule has 0 saturated carbocycles. The van der Waals surface area contributed by atoms with Crippen molar-refractivity contribution in [1.29, 1.82) is 0 Å². The van der Waals surface area contributed by atoms with Gasteiger partial charge in [0.25, 0.3) is 0 Å². The van der Waals surface area contributed by atoms with E-state index in [4.69, 9.17) is 11.6 Å². The van der Waals surface area contributed by atoms with E-state index in [-0.39, 0.29) is 23.1 Å². The first-order valence-corrected chi connectivity index (χ1v) is 12.9. The van der Waals surface area contributed by atoms with Gasteiger partial charge in [0.1, 0.15) is 0 Å². The monoisotopic (exact) mass is 491 g/mol. The van der Waals surface area contributed by atoms with Gasteiger partial charge in [-0.2, -0.15) is 4.31 Å². The number of nitrogens with zero attached hydrogens (tertiary/aromatic N) is 1. The van der Waals surface area contributed by atoms with Crippen LogP contribution in [0.1, 0.15) is 56.2 Å². The van der Waals surface area contributed by atoms with Crippen LogP contribution in [0.15, 0.2) is 47.4 Å². The summed E-state index contributed by atoms with van der Waals surface area (Å²) in [6, 6.07) is 11.3. The highest BCUT2D eigenvalue weighted by Gasteiger charge is 2.27. The summed E-state index contributed by atoms with van der Waals surface area (Å²) in [5.74, 6) is -0.602. The predicted octanol–water partition coefficient (Wildman–Crippen LogP) is 4.42. The summed E-state index contributed by atoms with van der Waals surface area (Å²) in [7, 11) is -3.65. The van der Waals surface area contributed by atoms with Crippen LogP contribution >= 0.6 is 11.6 Å². The number of carbonyl (C=O) groups is 2. The number of anilines is 1. The summed E-state index contributed by atoms with van der Waals surface area (Å²) in [6.07, 6.45) is 3.76. The Hall–Kier alpha value is -2.42. The van der Waals surface area contributed by atoms with Gasteiger partial charge >= 0.3 is 0 Å². The molecule has 2 aromatic rings. The van der Waals surface area contributed by atoms with Crippen molar-refractivity contribution in [2.45, 2.75) is 56.9 Å². The molecule has 0 radical (unpaired) electrons. The lowest BCUT2D eigenvalue weighted by Crippen LogP contribution is -2.32. The van der Waals surface area contributed by atoms with E-state index in [2.05, 4.69) is 10.6 Å². The number of hydrogen-bond donors (Lipinski definition) is 2. The van der Waals surface area contributed by atoms with Crippen molar-refractivity contribution in [1.82, 2.24) is 9.62 Å². The molecule has 9 heteroatoms. The third-order valence-electron chi connectivity index (χ3n) is 5.69. The maximum atomic E-state index is 13.3. The fraction of sp³-hybridized carbons (Fsp3) is 0.417. The molecule has 1 heterocycles. The largest absolute Gasteiger partial charge is 0.349 e. The number of aryl methyl sites for hydroxylation is 1. The number of hydrogen-bond acceptors (Lipinski definition) is 4. The molecule has 178 valence electrons. The molecule has 1 saturated heterocycles. The van der Waals surface area contributed by atoms with Crippen LogP contribution in [-0.4, -0.2) is 37.6 Å². The number of rotatable bonds is 7. The average Bonchev–Trinajstić information content (AvgIpc) is 3.05. The maximum absolute atomic E-state index is 13.3. The van der Waals surface area contributed by atoms with Crippen molar-refractivity contribution in [2.24, 2.45) is 0 Å². The SMILES string of the molecule is CC(=O)NC(CC(=O)Nc1ccc(C)c(S(=O)(=O)N2CCCCCC2)c1)c1ccc(Cl)cc1. The molecule has 1 aliphatic rings. The minimum Gasteiger partial charge on any atom is -0.349 e. The number of halogens is 1. The molecule has 1 atom stereocenters. The summed E-state index contributed by atoms with van der Waals surface area (Å²) in [5.41, 5.74) is 1.78. The van der Waals surface area contributed by atoms with Gasteiger partial charge < -0.3 is 10.6 Å². The number of benzene rings is 2. The lowest BCUT2D eigenvalue weighted by Gasteiger charge is -2.22. The Morgan fingerprint density at radius 2 is 1.67 bits per heavy atom. The quantitative estimate of drug-likeness (QED) is 0.599. The summed E-state index contributed by atoms with van der Waals surface area (Å²) in [4.78, 5) is 24.7. The third-order valence-corrected chi connectivity index (χ3v) is 7.99. The Morgan fingerprint density at radius 1 is 1.03 bits per heavy atom. The van der Waals surface area contributed by atoms with Crippen molar-refractivity contribution >= 4 is 39.1 Å². The van der Waals surface area contributed by atoms with E-state index in [1.165, 1.54) is 13.0 Å². The maximum Gasteiger partial charge on any atom is 0.243 e. The van der Waals surface area contributed by atoms with E-state index in [0.29, 0.717) is 29.4 Å². The van der Waals surface area contributed by atoms with Gasteiger partial charge in [0.05, 0.1) is 17.4 Å². The van der Waals surface area contributed by atoms with E-state index < -0.39 is 16.1 Å². The summed E-state index contributed by atoms with van der Waals surface area (Å²) >= 11 is 5.95. The molecule has 1 fully saturated rings. The van der Waals surface area contributed by atoms with Gasteiger partial charge in [0.2, 0.25) is 21.8 Å². The zero-order valence-corrected chi connectivity index (χ0v) is 20.5. The number of nitrogens with one attached hydrogen (secondary N) is 2. The molecule has 0 aliphatic carbocycles. The normalized spacial score (nSPS) is 16.0. The van der Waals surface area contributed by atoms with Gasteiger partial charge in [-0.15, -0.1) is 0 Å². The van der Waals surface area contributed by atoms with Crippen molar-refractivity contribution in [3.8, 4) is 0 Å². The van der Waals surface area contributed by atoms with Crippen LogP contribution in [0.3, 0.4) is 0 Å². The first-order valence-electron chi connectivity index (χ1n) is 11.1. The lowest BCUT2D eigenvalue weighted by atomic mass is 10.0. The molecule has 0 spiro atoms. The van der Waals surface area contributed by atoms with E-state index in [0.717, 1.165) is 31.2 Å². The third kappa shape index (κ3) is 6.79. The van der Waals surface area contributed by atoms with E-state index >= 15 is 0 Å².